The van der Waals surface area contributed by atoms with Crippen molar-refractivity contribution >= 4 is 17.0 Å². The van der Waals surface area contributed by atoms with Gasteiger partial charge in [0.2, 0.25) is 5.95 Å². The molecule has 6 rings (SSSR count). The van der Waals surface area contributed by atoms with E-state index >= 15 is 0 Å². The van der Waals surface area contributed by atoms with Crippen LogP contribution >= 0.6 is 0 Å². The van der Waals surface area contributed by atoms with E-state index in [1.807, 2.05) is 0 Å². The summed E-state index contributed by atoms with van der Waals surface area (Å²) in [6, 6.07) is 8.86. The molecule has 228 valence electrons. The number of anilines is 1. The Balaban J connectivity index is 1.14. The fourth-order valence-electron chi connectivity index (χ4n) is 6.41. The average molecular weight is 586 g/mol. The van der Waals surface area contributed by atoms with Crippen LogP contribution in [0.5, 0.6) is 0 Å². The van der Waals surface area contributed by atoms with Crippen LogP contribution in [0.15, 0.2) is 36.7 Å². The summed E-state index contributed by atoms with van der Waals surface area (Å²) in [6.07, 6.45) is 2.77. The summed E-state index contributed by atoms with van der Waals surface area (Å²) in [5.41, 5.74) is 4.08. The summed E-state index contributed by atoms with van der Waals surface area (Å²) < 4.78 is 40.2. The van der Waals surface area contributed by atoms with Crippen molar-refractivity contribution in [1.29, 1.82) is 0 Å². The molecule has 1 saturated carbocycles. The van der Waals surface area contributed by atoms with Gasteiger partial charge in [-0.1, -0.05) is 24.3 Å². The Kier molecular flexibility index (Phi) is 8.99. The Morgan fingerprint density at radius 1 is 0.976 bits per heavy atom. The van der Waals surface area contributed by atoms with Gasteiger partial charge in [-0.3, -0.25) is 4.90 Å². The normalized spacial score (nSPS) is 22.9. The molecule has 0 spiro atoms. The van der Waals surface area contributed by atoms with Gasteiger partial charge in [-0.15, -0.1) is 0 Å². The van der Waals surface area contributed by atoms with Crippen LogP contribution in [0.3, 0.4) is 0 Å². The first kappa shape index (κ1) is 29.3. The molecule has 1 aromatic carbocycles. The third kappa shape index (κ3) is 7.24. The van der Waals surface area contributed by atoms with Gasteiger partial charge in [0.05, 0.1) is 12.5 Å². The average Bonchev–Trinajstić information content (AvgIpc) is 3.32. The van der Waals surface area contributed by atoms with Crippen molar-refractivity contribution < 1.29 is 18.3 Å². The number of hydrogen-bond acceptors (Lipinski definition) is 7. The molecule has 0 amide bonds. The second-order valence-electron chi connectivity index (χ2n) is 12.3. The monoisotopic (exact) mass is 585 g/mol. The number of piperazine rings is 1. The van der Waals surface area contributed by atoms with Gasteiger partial charge in [0.1, 0.15) is 5.65 Å². The molecule has 0 unspecified atom stereocenters. The number of rotatable bonds is 10. The molecule has 3 fully saturated rings. The molecule has 2 saturated heterocycles. The van der Waals surface area contributed by atoms with Gasteiger partial charge in [-0.2, -0.15) is 18.2 Å². The van der Waals surface area contributed by atoms with Crippen LogP contribution in [0.1, 0.15) is 50.1 Å². The summed E-state index contributed by atoms with van der Waals surface area (Å²) in [4.78, 5) is 14.1. The predicted octanol–water partition coefficient (Wildman–Crippen LogP) is 4.67. The highest BCUT2D eigenvalue weighted by Gasteiger charge is 2.27. The SMILES string of the molecule is OC1CCC(n2cc(-c3ccc(CN4CCN(CCC5CNC5)CC4)cc3)c3cnc(NCCC(F)(F)F)nc32)CC1. The first-order valence-electron chi connectivity index (χ1n) is 15.4. The highest BCUT2D eigenvalue weighted by atomic mass is 19.4. The van der Waals surface area contributed by atoms with E-state index in [-0.39, 0.29) is 24.6 Å². The van der Waals surface area contributed by atoms with E-state index in [2.05, 4.69) is 65.4 Å². The summed E-state index contributed by atoms with van der Waals surface area (Å²) >= 11 is 0. The number of alkyl halides is 3. The van der Waals surface area contributed by atoms with Gasteiger partial charge in [0.15, 0.2) is 0 Å². The Morgan fingerprint density at radius 3 is 2.36 bits per heavy atom. The van der Waals surface area contributed by atoms with E-state index in [9.17, 15) is 18.3 Å². The van der Waals surface area contributed by atoms with E-state index in [4.69, 9.17) is 0 Å². The molecule has 3 aromatic rings. The summed E-state index contributed by atoms with van der Waals surface area (Å²) in [5, 5.41) is 17.0. The van der Waals surface area contributed by atoms with Crippen molar-refractivity contribution in [3.8, 4) is 11.1 Å². The van der Waals surface area contributed by atoms with Gasteiger partial charge < -0.3 is 25.2 Å². The van der Waals surface area contributed by atoms with Crippen molar-refractivity contribution in [3.63, 3.8) is 0 Å². The lowest BCUT2D eigenvalue weighted by Gasteiger charge is -2.36. The van der Waals surface area contributed by atoms with Gasteiger partial charge in [0.25, 0.3) is 0 Å². The second-order valence-corrected chi connectivity index (χ2v) is 12.3. The minimum absolute atomic E-state index is 0.172. The standard InChI is InChI=1S/C31H42F3N7O/c32-31(33,34)10-11-36-30-37-19-27-28(21-41(29(27)38-30)25-5-7-26(42)8-6-25)24-3-1-22(2-4-24)20-40-15-13-39(14-16-40)12-9-23-17-35-18-23/h1-4,19,21,23,25-26,35,42H,5-18,20H2,(H,36,37,38). The van der Waals surface area contributed by atoms with E-state index in [0.717, 1.165) is 80.8 Å². The zero-order valence-corrected chi connectivity index (χ0v) is 24.1. The van der Waals surface area contributed by atoms with Crippen LogP contribution in [0.2, 0.25) is 0 Å². The zero-order chi connectivity index (χ0) is 29.1. The molecular formula is C31H42F3N7O. The van der Waals surface area contributed by atoms with Crippen LogP contribution in [-0.4, -0.2) is 94.1 Å². The first-order chi connectivity index (χ1) is 20.3. The third-order valence-electron chi connectivity index (χ3n) is 9.18. The molecule has 0 atom stereocenters. The molecule has 11 heteroatoms. The van der Waals surface area contributed by atoms with Crippen LogP contribution in [0, 0.1) is 5.92 Å². The van der Waals surface area contributed by atoms with E-state index in [1.165, 1.54) is 31.6 Å². The maximum absolute atomic E-state index is 12.7. The maximum Gasteiger partial charge on any atom is 0.390 e. The minimum atomic E-state index is -4.24. The van der Waals surface area contributed by atoms with Crippen molar-refractivity contribution in [3.05, 3.63) is 42.2 Å². The Morgan fingerprint density at radius 2 is 1.69 bits per heavy atom. The van der Waals surface area contributed by atoms with E-state index in [0.29, 0.717) is 5.65 Å². The number of benzene rings is 1. The number of nitrogens with one attached hydrogen (secondary N) is 2. The molecule has 4 heterocycles. The second kappa shape index (κ2) is 12.9. The number of fused-ring (bicyclic) bond motifs is 1. The van der Waals surface area contributed by atoms with Crippen molar-refractivity contribution in [2.45, 2.75) is 63.4 Å². The van der Waals surface area contributed by atoms with Crippen LogP contribution in [-0.2, 0) is 6.54 Å². The molecule has 2 aliphatic heterocycles. The summed E-state index contributed by atoms with van der Waals surface area (Å²) in [6.45, 7) is 8.66. The number of nitrogens with zero attached hydrogens (tertiary/aromatic N) is 5. The van der Waals surface area contributed by atoms with Gasteiger partial charge in [-0.25, -0.2) is 4.98 Å². The number of aliphatic hydroxyl groups is 1. The van der Waals surface area contributed by atoms with Crippen molar-refractivity contribution in [1.82, 2.24) is 29.7 Å². The number of halogens is 3. The molecule has 3 N–H and O–H groups in total. The van der Waals surface area contributed by atoms with Crippen molar-refractivity contribution in [2.75, 3.05) is 57.7 Å². The van der Waals surface area contributed by atoms with Gasteiger partial charge in [-0.05, 0) is 68.8 Å². The Labute approximate surface area is 245 Å². The predicted molar refractivity (Wildman–Crippen MR) is 158 cm³/mol. The molecule has 0 radical (unpaired) electrons. The first-order valence-corrected chi connectivity index (χ1v) is 15.4. The van der Waals surface area contributed by atoms with Gasteiger partial charge in [0, 0.05) is 68.7 Å². The molecular weight excluding hydrogens is 543 g/mol. The molecule has 0 bridgehead atoms. The molecule has 2 aromatic heterocycles. The topological polar surface area (TPSA) is 81.5 Å². The highest BCUT2D eigenvalue weighted by molar-refractivity contribution is 5.94. The quantitative estimate of drug-likeness (QED) is 0.319. The van der Waals surface area contributed by atoms with Crippen LogP contribution in [0.4, 0.5) is 19.1 Å². The smallest absolute Gasteiger partial charge is 0.390 e. The third-order valence-corrected chi connectivity index (χ3v) is 9.18. The fraction of sp³-hybridized carbons (Fsp3) is 0.613. The molecule has 3 aliphatic rings. The lowest BCUT2D eigenvalue weighted by atomic mass is 9.93. The summed E-state index contributed by atoms with van der Waals surface area (Å²) in [7, 11) is 0. The molecule has 8 nitrogen and oxygen atoms in total. The lowest BCUT2D eigenvalue weighted by molar-refractivity contribution is -0.131. The van der Waals surface area contributed by atoms with Crippen molar-refractivity contribution in [2.24, 2.45) is 5.92 Å². The Bertz CT molecular complexity index is 1310. The molecule has 1 aliphatic carbocycles. The minimum Gasteiger partial charge on any atom is -0.393 e. The number of aromatic nitrogens is 3. The van der Waals surface area contributed by atoms with Crippen LogP contribution < -0.4 is 10.6 Å². The van der Waals surface area contributed by atoms with Gasteiger partial charge >= 0.3 is 6.18 Å². The number of hydrogen-bond donors (Lipinski definition) is 3. The lowest BCUT2D eigenvalue weighted by Crippen LogP contribution is -2.48. The van der Waals surface area contributed by atoms with E-state index < -0.39 is 12.6 Å². The molecule has 42 heavy (non-hydrogen) atoms. The number of aliphatic hydroxyl groups excluding tert-OH is 1. The van der Waals surface area contributed by atoms with E-state index in [1.54, 1.807) is 6.20 Å². The fourth-order valence-corrected chi connectivity index (χ4v) is 6.41. The summed E-state index contributed by atoms with van der Waals surface area (Å²) in [5.74, 6) is 1.06. The van der Waals surface area contributed by atoms with Crippen LogP contribution in [0.25, 0.3) is 22.2 Å². The maximum atomic E-state index is 12.7. The zero-order valence-electron chi connectivity index (χ0n) is 24.1. The largest absolute Gasteiger partial charge is 0.393 e. The Hall–Kier alpha value is -2.73. The highest BCUT2D eigenvalue weighted by Crippen LogP contribution is 2.37.